The minimum absolute atomic E-state index is 0.970. The summed E-state index contributed by atoms with van der Waals surface area (Å²) >= 11 is 1.77. The van der Waals surface area contributed by atoms with Crippen LogP contribution in [-0.4, -0.2) is 6.26 Å². The third-order valence-corrected chi connectivity index (χ3v) is 6.73. The van der Waals surface area contributed by atoms with Crippen LogP contribution in [0.5, 0.6) is 0 Å². The van der Waals surface area contributed by atoms with Gasteiger partial charge in [-0.15, -0.1) is 11.8 Å². The summed E-state index contributed by atoms with van der Waals surface area (Å²) in [6.45, 7) is 14.6. The maximum atomic E-state index is 5.85. The summed E-state index contributed by atoms with van der Waals surface area (Å²) in [5.41, 5.74) is 19.7. The van der Waals surface area contributed by atoms with E-state index in [2.05, 4.69) is 58.4 Å². The van der Waals surface area contributed by atoms with Gasteiger partial charge in [-0.1, -0.05) is 44.2 Å². The van der Waals surface area contributed by atoms with E-state index in [1.807, 2.05) is 0 Å². The van der Waals surface area contributed by atoms with E-state index >= 15 is 0 Å². The molecule has 29 heavy (non-hydrogen) atoms. The summed E-state index contributed by atoms with van der Waals surface area (Å²) in [4.78, 5) is 1.22. The average molecular weight is 406 g/mol. The third-order valence-electron chi connectivity index (χ3n) is 6.02. The second-order valence-electron chi connectivity index (χ2n) is 8.54. The van der Waals surface area contributed by atoms with E-state index in [1.165, 1.54) is 76.0 Å². The number of anilines is 1. The first-order valence-electron chi connectivity index (χ1n) is 10.8. The molecule has 0 radical (unpaired) electrons. The molecule has 2 aromatic carbocycles. The lowest BCUT2D eigenvalue weighted by atomic mass is 9.97. The third kappa shape index (κ3) is 4.98. The summed E-state index contributed by atoms with van der Waals surface area (Å²) in [6, 6.07) is 6.92. The minimum atomic E-state index is 0.970. The Kier molecular flexibility index (Phi) is 6.95. The van der Waals surface area contributed by atoms with Crippen LogP contribution in [0.15, 0.2) is 36.9 Å². The summed E-state index contributed by atoms with van der Waals surface area (Å²) in [5, 5.41) is 0. The molecule has 2 N–H and O–H groups in total. The first-order valence-corrected chi connectivity index (χ1v) is 12.0. The van der Waals surface area contributed by atoms with Gasteiger partial charge in [-0.3, -0.25) is 0 Å². The molecule has 0 bridgehead atoms. The normalized spacial score (nSPS) is 13.2. The number of thioether (sulfide) groups is 1. The number of hydrogen-bond acceptors (Lipinski definition) is 2. The fourth-order valence-electron chi connectivity index (χ4n) is 4.41. The molecule has 0 saturated carbocycles. The molecule has 0 unspecified atom stereocenters. The van der Waals surface area contributed by atoms with Gasteiger partial charge in [0.2, 0.25) is 0 Å². The maximum absolute atomic E-state index is 5.85. The fraction of sp³-hybridized carbons (Fsp3) is 0.407. The summed E-state index contributed by atoms with van der Waals surface area (Å²) < 4.78 is 0. The van der Waals surface area contributed by atoms with Crippen molar-refractivity contribution in [3.8, 4) is 0 Å². The van der Waals surface area contributed by atoms with Gasteiger partial charge in [-0.05, 0) is 103 Å². The zero-order valence-electron chi connectivity index (χ0n) is 18.6. The number of hydrogen-bond donors (Lipinski definition) is 1. The van der Waals surface area contributed by atoms with E-state index in [-0.39, 0.29) is 0 Å². The second-order valence-corrected chi connectivity index (χ2v) is 9.44. The molecular weight excluding hydrogens is 370 g/mol. The number of aryl methyl sites for hydroxylation is 4. The maximum Gasteiger partial charge on any atom is 0.0355 e. The van der Waals surface area contributed by atoms with Gasteiger partial charge < -0.3 is 5.73 Å². The number of rotatable bonds is 6. The van der Waals surface area contributed by atoms with E-state index < -0.39 is 0 Å². The lowest BCUT2D eigenvalue weighted by Gasteiger charge is -2.13. The summed E-state index contributed by atoms with van der Waals surface area (Å²) in [7, 11) is 0. The Morgan fingerprint density at radius 3 is 2.41 bits per heavy atom. The lowest BCUT2D eigenvalue weighted by Crippen LogP contribution is -1.95. The van der Waals surface area contributed by atoms with Crippen LogP contribution >= 0.6 is 11.8 Å². The Morgan fingerprint density at radius 1 is 1.10 bits per heavy atom. The fourth-order valence-corrected chi connectivity index (χ4v) is 4.82. The quantitative estimate of drug-likeness (QED) is 0.351. The zero-order chi connectivity index (χ0) is 21.1. The highest BCUT2D eigenvalue weighted by molar-refractivity contribution is 8.07. The molecule has 1 nitrogen and oxygen atoms in total. The Morgan fingerprint density at radius 2 is 1.79 bits per heavy atom. The smallest absolute Gasteiger partial charge is 0.0355 e. The van der Waals surface area contributed by atoms with Crippen molar-refractivity contribution in [1.82, 2.24) is 0 Å². The molecule has 0 aromatic heterocycles. The molecule has 0 atom stereocenters. The number of allylic oxidation sites excluding steroid dienone is 1. The van der Waals surface area contributed by atoms with Gasteiger partial charge in [0.25, 0.3) is 0 Å². The van der Waals surface area contributed by atoms with Crippen LogP contribution in [0.3, 0.4) is 0 Å². The predicted molar refractivity (Wildman–Crippen MR) is 132 cm³/mol. The van der Waals surface area contributed by atoms with E-state index in [4.69, 9.17) is 5.73 Å². The second kappa shape index (κ2) is 9.26. The molecular formula is C27H35NS. The molecule has 0 amide bonds. The van der Waals surface area contributed by atoms with Crippen molar-refractivity contribution in [2.24, 2.45) is 0 Å². The van der Waals surface area contributed by atoms with Crippen molar-refractivity contribution in [2.45, 2.75) is 65.7 Å². The number of nitrogen functional groups attached to an aromatic ring is 1. The van der Waals surface area contributed by atoms with Crippen molar-refractivity contribution in [1.29, 1.82) is 0 Å². The van der Waals surface area contributed by atoms with Gasteiger partial charge in [0.1, 0.15) is 0 Å². The highest BCUT2D eigenvalue weighted by Crippen LogP contribution is 2.39. The molecule has 0 saturated heterocycles. The molecule has 2 aromatic rings. The van der Waals surface area contributed by atoms with Crippen LogP contribution in [0.25, 0.3) is 4.91 Å². The Hall–Kier alpha value is -1.93. The van der Waals surface area contributed by atoms with Gasteiger partial charge in [0.05, 0.1) is 0 Å². The van der Waals surface area contributed by atoms with Crippen molar-refractivity contribution >= 4 is 22.4 Å². The predicted octanol–water partition coefficient (Wildman–Crippen LogP) is 7.06. The van der Waals surface area contributed by atoms with E-state index in [9.17, 15) is 0 Å². The SMILES string of the molecule is C=C(C)Cc1c(C)cc(N)c2c1C2.C=C(SC)c1cc2c(cc1CCC)CCC2. The van der Waals surface area contributed by atoms with E-state index in [0.29, 0.717) is 0 Å². The van der Waals surface area contributed by atoms with Crippen molar-refractivity contribution in [2.75, 3.05) is 12.0 Å². The molecule has 0 aliphatic heterocycles. The molecule has 154 valence electrons. The van der Waals surface area contributed by atoms with Gasteiger partial charge in [-0.2, -0.15) is 0 Å². The number of benzene rings is 2. The van der Waals surface area contributed by atoms with Gasteiger partial charge in [0, 0.05) is 17.0 Å². The highest BCUT2D eigenvalue weighted by Gasteiger charge is 2.25. The van der Waals surface area contributed by atoms with Crippen LogP contribution in [0.2, 0.25) is 0 Å². The first-order chi connectivity index (χ1) is 13.8. The topological polar surface area (TPSA) is 26.0 Å². The number of fused-ring (bicyclic) bond motifs is 2. The summed E-state index contributed by atoms with van der Waals surface area (Å²) in [5.74, 6) is 0. The van der Waals surface area contributed by atoms with Crippen molar-refractivity contribution < 1.29 is 0 Å². The zero-order valence-corrected chi connectivity index (χ0v) is 19.4. The molecule has 0 spiro atoms. The molecule has 2 aliphatic carbocycles. The van der Waals surface area contributed by atoms with Gasteiger partial charge >= 0.3 is 0 Å². The van der Waals surface area contributed by atoms with Crippen LogP contribution in [0, 0.1) is 6.92 Å². The molecule has 2 aliphatic rings. The molecule has 0 heterocycles. The van der Waals surface area contributed by atoms with Crippen molar-refractivity contribution in [3.05, 3.63) is 81.4 Å². The van der Waals surface area contributed by atoms with Crippen LogP contribution < -0.4 is 5.73 Å². The Bertz CT molecular complexity index is 948. The minimum Gasteiger partial charge on any atom is -0.398 e. The van der Waals surface area contributed by atoms with E-state index in [0.717, 1.165) is 18.5 Å². The summed E-state index contributed by atoms with van der Waals surface area (Å²) in [6.07, 6.45) is 10.5. The Labute approximate surface area is 181 Å². The average Bonchev–Trinajstić information content (AvgIpc) is 3.36. The molecule has 4 rings (SSSR count). The van der Waals surface area contributed by atoms with Gasteiger partial charge in [0.15, 0.2) is 0 Å². The largest absolute Gasteiger partial charge is 0.398 e. The standard InChI is InChI=1S/C15H20S.C12H15N/c1-4-6-14-9-12-7-5-8-13(12)10-15(14)11(2)16-3;1-7(2)4-9-8(3)5-12(13)11-6-10(9)11/h9-10H,2,4-8H2,1,3H3;5H,1,4,6,13H2,2-3H3. The molecule has 0 fully saturated rings. The number of nitrogens with two attached hydrogens (primary N) is 1. The Balaban J connectivity index is 0.000000169. The van der Waals surface area contributed by atoms with Crippen LogP contribution in [0.4, 0.5) is 5.69 Å². The molecule has 2 heteroatoms. The van der Waals surface area contributed by atoms with Gasteiger partial charge in [-0.25, -0.2) is 0 Å². The highest BCUT2D eigenvalue weighted by atomic mass is 32.2. The lowest BCUT2D eigenvalue weighted by molar-refractivity contribution is 0.906. The first kappa shape index (κ1) is 21.8. The monoisotopic (exact) mass is 405 g/mol. The van der Waals surface area contributed by atoms with Crippen LogP contribution in [0.1, 0.15) is 71.2 Å². The van der Waals surface area contributed by atoms with E-state index in [1.54, 1.807) is 22.9 Å². The van der Waals surface area contributed by atoms with Crippen LogP contribution in [-0.2, 0) is 32.1 Å². The van der Waals surface area contributed by atoms with Crippen molar-refractivity contribution in [3.63, 3.8) is 0 Å².